The molecule has 0 aromatic carbocycles. The van der Waals surface area contributed by atoms with Crippen molar-refractivity contribution in [1.29, 1.82) is 0 Å². The molecular weight excluding hydrogens is 218 g/mol. The Labute approximate surface area is 105 Å². The molecule has 0 aliphatic carbocycles. The SMILES string of the molecule is CCCN(CCN(C)C)CC(NC)C(=O)OC. The number of ether oxygens (including phenoxy) is 1. The number of hydrogen-bond acceptors (Lipinski definition) is 5. The lowest BCUT2D eigenvalue weighted by Gasteiger charge is -2.26. The highest BCUT2D eigenvalue weighted by molar-refractivity contribution is 5.75. The third kappa shape index (κ3) is 7.31. The van der Waals surface area contributed by atoms with Crippen molar-refractivity contribution in [3.8, 4) is 0 Å². The Kier molecular flexibility index (Phi) is 9.03. The number of hydrogen-bond donors (Lipinski definition) is 1. The summed E-state index contributed by atoms with van der Waals surface area (Å²) < 4.78 is 4.77. The molecule has 0 aliphatic heterocycles. The minimum Gasteiger partial charge on any atom is -0.468 e. The zero-order chi connectivity index (χ0) is 13.3. The number of rotatable bonds is 9. The first-order valence-electron chi connectivity index (χ1n) is 6.17. The third-order valence-corrected chi connectivity index (χ3v) is 2.68. The zero-order valence-electron chi connectivity index (χ0n) is 11.8. The highest BCUT2D eigenvalue weighted by atomic mass is 16.5. The lowest BCUT2D eigenvalue weighted by molar-refractivity contribution is -0.143. The standard InChI is InChI=1S/C12H27N3O2/c1-6-7-15(9-8-14(3)4)10-11(13-2)12(16)17-5/h11,13H,6-10H2,1-5H3. The second kappa shape index (κ2) is 9.39. The molecule has 0 saturated carbocycles. The van der Waals surface area contributed by atoms with Gasteiger partial charge in [0.1, 0.15) is 6.04 Å². The van der Waals surface area contributed by atoms with Gasteiger partial charge in [0.2, 0.25) is 0 Å². The Hall–Kier alpha value is -0.650. The molecule has 5 heteroatoms. The molecule has 0 aromatic heterocycles. The van der Waals surface area contributed by atoms with Gasteiger partial charge in [0.15, 0.2) is 0 Å². The summed E-state index contributed by atoms with van der Waals surface area (Å²) in [6, 6.07) is -0.242. The van der Waals surface area contributed by atoms with Crippen molar-refractivity contribution in [3.63, 3.8) is 0 Å². The van der Waals surface area contributed by atoms with Crippen LogP contribution < -0.4 is 5.32 Å². The quantitative estimate of drug-likeness (QED) is 0.580. The van der Waals surface area contributed by atoms with E-state index in [0.29, 0.717) is 6.54 Å². The lowest BCUT2D eigenvalue weighted by atomic mass is 10.2. The summed E-state index contributed by atoms with van der Waals surface area (Å²) in [6.45, 7) is 5.82. The average molecular weight is 245 g/mol. The van der Waals surface area contributed by atoms with E-state index >= 15 is 0 Å². The fraction of sp³-hybridized carbons (Fsp3) is 0.917. The molecule has 0 saturated heterocycles. The smallest absolute Gasteiger partial charge is 0.324 e. The van der Waals surface area contributed by atoms with Crippen LogP contribution in [-0.2, 0) is 9.53 Å². The number of likely N-dealkylation sites (N-methyl/N-ethyl adjacent to an activating group) is 2. The highest BCUT2D eigenvalue weighted by Gasteiger charge is 2.20. The molecule has 0 fully saturated rings. The van der Waals surface area contributed by atoms with Crippen LogP contribution in [0.1, 0.15) is 13.3 Å². The Morgan fingerprint density at radius 1 is 1.29 bits per heavy atom. The van der Waals surface area contributed by atoms with E-state index in [4.69, 9.17) is 4.74 Å². The summed E-state index contributed by atoms with van der Waals surface area (Å²) in [4.78, 5) is 15.9. The Morgan fingerprint density at radius 2 is 1.94 bits per heavy atom. The van der Waals surface area contributed by atoms with Crippen molar-refractivity contribution in [2.75, 3.05) is 54.4 Å². The molecule has 17 heavy (non-hydrogen) atoms. The van der Waals surface area contributed by atoms with Crippen molar-refractivity contribution in [2.45, 2.75) is 19.4 Å². The van der Waals surface area contributed by atoms with Crippen LogP contribution in [0.2, 0.25) is 0 Å². The van der Waals surface area contributed by atoms with Crippen molar-refractivity contribution in [2.24, 2.45) is 0 Å². The summed E-state index contributed by atoms with van der Waals surface area (Å²) in [5, 5.41) is 3.00. The van der Waals surface area contributed by atoms with Crippen LogP contribution >= 0.6 is 0 Å². The summed E-state index contributed by atoms with van der Waals surface area (Å²) in [6.07, 6.45) is 1.09. The maximum absolute atomic E-state index is 11.5. The number of methoxy groups -OCH3 is 1. The van der Waals surface area contributed by atoms with E-state index < -0.39 is 0 Å². The predicted molar refractivity (Wildman–Crippen MR) is 70.1 cm³/mol. The average Bonchev–Trinajstić information content (AvgIpc) is 2.31. The van der Waals surface area contributed by atoms with Gasteiger partial charge in [0, 0.05) is 19.6 Å². The molecule has 0 aliphatic rings. The number of carbonyl (C=O) groups is 1. The van der Waals surface area contributed by atoms with Gasteiger partial charge in [0.25, 0.3) is 0 Å². The van der Waals surface area contributed by atoms with E-state index in [2.05, 4.69) is 36.1 Å². The molecule has 0 amide bonds. The number of carbonyl (C=O) groups excluding carboxylic acids is 1. The normalized spacial score (nSPS) is 13.1. The third-order valence-electron chi connectivity index (χ3n) is 2.68. The van der Waals surface area contributed by atoms with E-state index in [1.807, 2.05) is 0 Å². The molecule has 0 spiro atoms. The number of nitrogens with zero attached hydrogens (tertiary/aromatic N) is 2. The molecule has 1 unspecified atom stereocenters. The van der Waals surface area contributed by atoms with Crippen LogP contribution in [0.25, 0.3) is 0 Å². The van der Waals surface area contributed by atoms with E-state index in [1.165, 1.54) is 7.11 Å². The minimum atomic E-state index is -0.242. The Morgan fingerprint density at radius 3 is 2.35 bits per heavy atom. The molecule has 1 N–H and O–H groups in total. The Bertz CT molecular complexity index is 210. The largest absolute Gasteiger partial charge is 0.468 e. The molecule has 0 aromatic rings. The zero-order valence-corrected chi connectivity index (χ0v) is 11.8. The fourth-order valence-corrected chi connectivity index (χ4v) is 1.64. The molecule has 5 nitrogen and oxygen atoms in total. The second-order valence-corrected chi connectivity index (χ2v) is 4.47. The van der Waals surface area contributed by atoms with Gasteiger partial charge in [-0.3, -0.25) is 9.69 Å². The van der Waals surface area contributed by atoms with Crippen LogP contribution in [0.15, 0.2) is 0 Å². The lowest BCUT2D eigenvalue weighted by Crippen LogP contribution is -2.46. The summed E-state index contributed by atoms with van der Waals surface area (Å²) >= 11 is 0. The Balaban J connectivity index is 4.23. The van der Waals surface area contributed by atoms with Gasteiger partial charge in [-0.25, -0.2) is 0 Å². The first kappa shape index (κ1) is 16.4. The van der Waals surface area contributed by atoms with E-state index in [0.717, 1.165) is 26.1 Å². The van der Waals surface area contributed by atoms with Crippen LogP contribution in [0, 0.1) is 0 Å². The molecule has 0 radical (unpaired) electrons. The summed E-state index contributed by atoms with van der Waals surface area (Å²) in [7, 11) is 7.33. The van der Waals surface area contributed by atoms with Crippen molar-refractivity contribution in [1.82, 2.24) is 15.1 Å². The van der Waals surface area contributed by atoms with Crippen molar-refractivity contribution >= 4 is 5.97 Å². The maximum Gasteiger partial charge on any atom is 0.324 e. The molecule has 102 valence electrons. The van der Waals surface area contributed by atoms with Crippen LogP contribution in [0.5, 0.6) is 0 Å². The molecule has 0 heterocycles. The summed E-state index contributed by atoms with van der Waals surface area (Å²) in [5.74, 6) is -0.196. The summed E-state index contributed by atoms with van der Waals surface area (Å²) in [5.41, 5.74) is 0. The first-order valence-corrected chi connectivity index (χ1v) is 6.17. The van der Waals surface area contributed by atoms with Crippen molar-refractivity contribution < 1.29 is 9.53 Å². The van der Waals surface area contributed by atoms with E-state index in [9.17, 15) is 4.79 Å². The van der Waals surface area contributed by atoms with Crippen LogP contribution in [-0.4, -0.2) is 76.2 Å². The fourth-order valence-electron chi connectivity index (χ4n) is 1.64. The monoisotopic (exact) mass is 245 g/mol. The van der Waals surface area contributed by atoms with E-state index in [-0.39, 0.29) is 12.0 Å². The van der Waals surface area contributed by atoms with Gasteiger partial charge >= 0.3 is 5.97 Å². The van der Waals surface area contributed by atoms with Crippen LogP contribution in [0.3, 0.4) is 0 Å². The predicted octanol–water partition coefficient (Wildman–Crippen LogP) is 0.0210. The molecule has 0 rings (SSSR count). The highest BCUT2D eigenvalue weighted by Crippen LogP contribution is 1.97. The number of esters is 1. The minimum absolute atomic E-state index is 0.196. The van der Waals surface area contributed by atoms with Gasteiger partial charge in [-0.1, -0.05) is 6.92 Å². The van der Waals surface area contributed by atoms with E-state index in [1.54, 1.807) is 7.05 Å². The topological polar surface area (TPSA) is 44.8 Å². The number of nitrogens with one attached hydrogen (secondary N) is 1. The maximum atomic E-state index is 11.5. The van der Waals surface area contributed by atoms with Gasteiger partial charge in [0.05, 0.1) is 7.11 Å². The molecule has 1 atom stereocenters. The van der Waals surface area contributed by atoms with Gasteiger partial charge < -0.3 is 15.0 Å². The van der Waals surface area contributed by atoms with Crippen LogP contribution in [0.4, 0.5) is 0 Å². The van der Waals surface area contributed by atoms with Gasteiger partial charge in [-0.2, -0.15) is 0 Å². The van der Waals surface area contributed by atoms with Gasteiger partial charge in [-0.05, 0) is 34.1 Å². The van der Waals surface area contributed by atoms with Crippen molar-refractivity contribution in [3.05, 3.63) is 0 Å². The van der Waals surface area contributed by atoms with Gasteiger partial charge in [-0.15, -0.1) is 0 Å². The first-order chi connectivity index (χ1) is 8.04. The molecule has 0 bridgehead atoms. The molecular formula is C12H27N3O2. The second-order valence-electron chi connectivity index (χ2n) is 4.47.